The summed E-state index contributed by atoms with van der Waals surface area (Å²) in [6.45, 7) is 7.88. The molecule has 4 heteroatoms. The Bertz CT molecular complexity index is 700. The van der Waals surface area contributed by atoms with Crippen molar-refractivity contribution in [3.05, 3.63) is 65.7 Å². The second-order valence-electron chi connectivity index (χ2n) is 6.73. The predicted molar refractivity (Wildman–Crippen MR) is 95.1 cm³/mol. The summed E-state index contributed by atoms with van der Waals surface area (Å²) in [5, 5.41) is 2.71. The standard InChI is InChI=1S/C20H23NO3/c1-14(18(22)21-17-8-6-5-7-9-17)24-19(23)15-10-12-16(13-11-15)20(2,3)4/h5-14H,1-4H3,(H,21,22). The molecule has 0 radical (unpaired) electrons. The van der Waals surface area contributed by atoms with Crippen LogP contribution >= 0.6 is 0 Å². The molecular weight excluding hydrogens is 302 g/mol. The highest BCUT2D eigenvalue weighted by atomic mass is 16.5. The van der Waals surface area contributed by atoms with Crippen LogP contribution in [0.15, 0.2) is 54.6 Å². The summed E-state index contributed by atoms with van der Waals surface area (Å²) >= 11 is 0. The molecule has 0 spiro atoms. The molecule has 0 bridgehead atoms. The van der Waals surface area contributed by atoms with Crippen molar-refractivity contribution in [2.45, 2.75) is 39.2 Å². The Morgan fingerprint density at radius 2 is 1.54 bits per heavy atom. The van der Waals surface area contributed by atoms with Gasteiger partial charge in [-0.1, -0.05) is 51.1 Å². The molecule has 0 heterocycles. The minimum absolute atomic E-state index is 0.0191. The molecule has 0 aliphatic heterocycles. The van der Waals surface area contributed by atoms with E-state index in [2.05, 4.69) is 26.1 Å². The van der Waals surface area contributed by atoms with Crippen LogP contribution in [0.25, 0.3) is 0 Å². The maximum Gasteiger partial charge on any atom is 0.338 e. The zero-order valence-corrected chi connectivity index (χ0v) is 14.5. The first kappa shape index (κ1) is 17.7. The van der Waals surface area contributed by atoms with E-state index in [-0.39, 0.29) is 11.3 Å². The van der Waals surface area contributed by atoms with Crippen LogP contribution in [0, 0.1) is 0 Å². The van der Waals surface area contributed by atoms with Gasteiger partial charge in [0.2, 0.25) is 0 Å². The van der Waals surface area contributed by atoms with Crippen LogP contribution in [0.4, 0.5) is 5.69 Å². The highest BCUT2D eigenvalue weighted by Crippen LogP contribution is 2.22. The smallest absolute Gasteiger partial charge is 0.338 e. The summed E-state index contributed by atoms with van der Waals surface area (Å²) in [5.41, 5.74) is 2.25. The first-order chi connectivity index (χ1) is 11.3. The number of esters is 1. The molecule has 2 aromatic carbocycles. The number of hydrogen-bond acceptors (Lipinski definition) is 3. The molecule has 0 saturated heterocycles. The summed E-state index contributed by atoms with van der Waals surface area (Å²) in [4.78, 5) is 24.2. The number of anilines is 1. The Morgan fingerprint density at radius 3 is 2.08 bits per heavy atom. The lowest BCUT2D eigenvalue weighted by Gasteiger charge is -2.19. The predicted octanol–water partition coefficient (Wildman–Crippen LogP) is 4.17. The number of nitrogens with one attached hydrogen (secondary N) is 1. The fourth-order valence-corrected chi connectivity index (χ4v) is 2.15. The van der Waals surface area contributed by atoms with Gasteiger partial charge in [-0.2, -0.15) is 0 Å². The van der Waals surface area contributed by atoms with Crippen molar-refractivity contribution in [2.75, 3.05) is 5.32 Å². The number of benzene rings is 2. The van der Waals surface area contributed by atoms with Crippen LogP contribution in [0.2, 0.25) is 0 Å². The van der Waals surface area contributed by atoms with Gasteiger partial charge in [0.05, 0.1) is 5.56 Å². The zero-order chi connectivity index (χ0) is 17.7. The van der Waals surface area contributed by atoms with Crippen LogP contribution in [0.3, 0.4) is 0 Å². The summed E-state index contributed by atoms with van der Waals surface area (Å²) in [6, 6.07) is 16.3. The van der Waals surface area contributed by atoms with Gasteiger partial charge in [0.25, 0.3) is 5.91 Å². The van der Waals surface area contributed by atoms with E-state index in [0.717, 1.165) is 5.56 Å². The van der Waals surface area contributed by atoms with Crippen LogP contribution in [-0.4, -0.2) is 18.0 Å². The molecule has 0 fully saturated rings. The number of hydrogen-bond donors (Lipinski definition) is 1. The summed E-state index contributed by atoms with van der Waals surface area (Å²) in [5.74, 6) is -0.868. The third-order valence-corrected chi connectivity index (χ3v) is 3.68. The van der Waals surface area contributed by atoms with Gasteiger partial charge in [-0.25, -0.2) is 4.79 Å². The van der Waals surface area contributed by atoms with Gasteiger partial charge in [-0.05, 0) is 42.2 Å². The number of para-hydroxylation sites is 1. The molecule has 1 unspecified atom stereocenters. The average Bonchev–Trinajstić information content (AvgIpc) is 2.55. The SMILES string of the molecule is CC(OC(=O)c1ccc(C(C)(C)C)cc1)C(=O)Nc1ccccc1. The largest absolute Gasteiger partial charge is 0.449 e. The molecule has 0 saturated carbocycles. The number of rotatable bonds is 4. The van der Waals surface area contributed by atoms with Crippen molar-refractivity contribution < 1.29 is 14.3 Å². The van der Waals surface area contributed by atoms with Gasteiger partial charge in [0.1, 0.15) is 0 Å². The Balaban J connectivity index is 1.97. The molecule has 1 amide bonds. The van der Waals surface area contributed by atoms with E-state index < -0.39 is 12.1 Å². The average molecular weight is 325 g/mol. The van der Waals surface area contributed by atoms with E-state index >= 15 is 0 Å². The lowest BCUT2D eigenvalue weighted by Crippen LogP contribution is -2.30. The van der Waals surface area contributed by atoms with E-state index in [1.165, 1.54) is 0 Å². The molecule has 24 heavy (non-hydrogen) atoms. The van der Waals surface area contributed by atoms with Gasteiger partial charge >= 0.3 is 5.97 Å². The van der Waals surface area contributed by atoms with Crippen molar-refractivity contribution in [3.63, 3.8) is 0 Å². The Labute approximate surface area is 142 Å². The maximum atomic E-state index is 12.2. The van der Waals surface area contributed by atoms with E-state index in [4.69, 9.17) is 4.74 Å². The first-order valence-corrected chi connectivity index (χ1v) is 7.95. The van der Waals surface area contributed by atoms with Crippen LogP contribution in [0.1, 0.15) is 43.6 Å². The minimum atomic E-state index is -0.875. The monoisotopic (exact) mass is 325 g/mol. The van der Waals surface area contributed by atoms with E-state index in [0.29, 0.717) is 11.3 Å². The van der Waals surface area contributed by atoms with Gasteiger partial charge in [0.15, 0.2) is 6.10 Å². The summed E-state index contributed by atoms with van der Waals surface area (Å²) < 4.78 is 5.24. The van der Waals surface area contributed by atoms with Crippen LogP contribution < -0.4 is 5.32 Å². The first-order valence-electron chi connectivity index (χ1n) is 7.95. The highest BCUT2D eigenvalue weighted by Gasteiger charge is 2.20. The molecule has 1 N–H and O–H groups in total. The summed E-state index contributed by atoms with van der Waals surface area (Å²) in [6.07, 6.45) is -0.875. The third kappa shape index (κ3) is 4.69. The molecule has 0 aliphatic rings. The van der Waals surface area contributed by atoms with E-state index in [9.17, 15) is 9.59 Å². The van der Waals surface area contributed by atoms with Gasteiger partial charge in [-0.15, -0.1) is 0 Å². The third-order valence-electron chi connectivity index (χ3n) is 3.68. The maximum absolute atomic E-state index is 12.2. The molecule has 126 valence electrons. The highest BCUT2D eigenvalue weighted by molar-refractivity contribution is 5.97. The fraction of sp³-hybridized carbons (Fsp3) is 0.300. The molecule has 0 aliphatic carbocycles. The molecule has 2 rings (SSSR count). The van der Waals surface area contributed by atoms with Crippen molar-refractivity contribution in [1.29, 1.82) is 0 Å². The lowest BCUT2D eigenvalue weighted by molar-refractivity contribution is -0.123. The van der Waals surface area contributed by atoms with Crippen molar-refractivity contribution in [3.8, 4) is 0 Å². The second kappa shape index (κ2) is 7.30. The summed E-state index contributed by atoms with van der Waals surface area (Å²) in [7, 11) is 0. The van der Waals surface area contributed by atoms with Crippen LogP contribution in [0.5, 0.6) is 0 Å². The van der Waals surface area contributed by atoms with Gasteiger partial charge in [-0.3, -0.25) is 4.79 Å². The molecule has 2 aromatic rings. The number of ether oxygens (including phenoxy) is 1. The van der Waals surface area contributed by atoms with E-state index in [1.54, 1.807) is 31.2 Å². The molecular formula is C20H23NO3. The van der Waals surface area contributed by atoms with Gasteiger partial charge < -0.3 is 10.1 Å². The molecule has 1 atom stereocenters. The van der Waals surface area contributed by atoms with Crippen LogP contribution in [-0.2, 0) is 14.9 Å². The Hall–Kier alpha value is -2.62. The minimum Gasteiger partial charge on any atom is -0.449 e. The topological polar surface area (TPSA) is 55.4 Å². The number of carbonyl (C=O) groups is 2. The lowest BCUT2D eigenvalue weighted by atomic mass is 9.87. The quantitative estimate of drug-likeness (QED) is 0.858. The molecule has 0 aromatic heterocycles. The number of amides is 1. The zero-order valence-electron chi connectivity index (χ0n) is 14.5. The fourth-order valence-electron chi connectivity index (χ4n) is 2.15. The Morgan fingerprint density at radius 1 is 0.958 bits per heavy atom. The van der Waals surface area contributed by atoms with Gasteiger partial charge in [0, 0.05) is 5.69 Å². The number of carbonyl (C=O) groups excluding carboxylic acids is 2. The Kier molecular flexibility index (Phi) is 5.39. The molecule has 4 nitrogen and oxygen atoms in total. The van der Waals surface area contributed by atoms with E-state index in [1.807, 2.05) is 30.3 Å². The normalized spacial score (nSPS) is 12.3. The van der Waals surface area contributed by atoms with Crippen molar-refractivity contribution >= 4 is 17.6 Å². The van der Waals surface area contributed by atoms with Crippen molar-refractivity contribution in [1.82, 2.24) is 0 Å². The second-order valence-corrected chi connectivity index (χ2v) is 6.73. The van der Waals surface area contributed by atoms with Crippen molar-refractivity contribution in [2.24, 2.45) is 0 Å².